The number of alkyl halides is 5. The van der Waals surface area contributed by atoms with Gasteiger partial charge in [-0.15, -0.1) is 0 Å². The number of carbonyl (C=O) groups is 2. The van der Waals surface area contributed by atoms with E-state index in [0.29, 0.717) is 0 Å². The van der Waals surface area contributed by atoms with Gasteiger partial charge in [0.1, 0.15) is 0 Å². The van der Waals surface area contributed by atoms with Crippen molar-refractivity contribution in [3.05, 3.63) is 41.6 Å². The summed E-state index contributed by atoms with van der Waals surface area (Å²) in [5.41, 5.74) is -0.760. The van der Waals surface area contributed by atoms with E-state index in [1.807, 2.05) is 0 Å². The van der Waals surface area contributed by atoms with Crippen molar-refractivity contribution in [1.82, 2.24) is 25.3 Å². The second-order valence-electron chi connectivity index (χ2n) is 11.3. The van der Waals surface area contributed by atoms with Gasteiger partial charge >= 0.3 is 6.18 Å². The summed E-state index contributed by atoms with van der Waals surface area (Å²) in [6.45, 7) is -0.275. The number of halogens is 5. The lowest BCUT2D eigenvalue weighted by Gasteiger charge is -2.28. The monoisotopic (exact) mass is 567 g/mol. The van der Waals surface area contributed by atoms with E-state index in [-0.39, 0.29) is 60.9 Å². The van der Waals surface area contributed by atoms with Gasteiger partial charge < -0.3 is 10.6 Å². The molecule has 0 bridgehead atoms. The molecule has 218 valence electrons. The van der Waals surface area contributed by atoms with Crippen molar-refractivity contribution in [2.75, 3.05) is 19.6 Å². The van der Waals surface area contributed by atoms with E-state index in [9.17, 15) is 31.5 Å². The molecule has 1 aromatic carbocycles. The van der Waals surface area contributed by atoms with E-state index >= 15 is 0 Å². The first-order valence-electron chi connectivity index (χ1n) is 13.9. The molecule has 2 aliphatic carbocycles. The highest BCUT2D eigenvalue weighted by molar-refractivity contribution is 5.94. The fourth-order valence-corrected chi connectivity index (χ4v) is 5.85. The highest BCUT2D eigenvalue weighted by Gasteiger charge is 2.39. The molecule has 0 radical (unpaired) electrons. The van der Waals surface area contributed by atoms with Crippen LogP contribution in [-0.2, 0) is 11.0 Å². The summed E-state index contributed by atoms with van der Waals surface area (Å²) < 4.78 is 70.8. The molecule has 12 heteroatoms. The van der Waals surface area contributed by atoms with Crippen LogP contribution in [0.15, 0.2) is 30.3 Å². The summed E-state index contributed by atoms with van der Waals surface area (Å²) >= 11 is 0. The second kappa shape index (κ2) is 11.5. The Bertz CT molecular complexity index is 1220. The Morgan fingerprint density at radius 2 is 1.80 bits per heavy atom. The maximum absolute atomic E-state index is 13.9. The van der Waals surface area contributed by atoms with Crippen LogP contribution in [0.2, 0.25) is 0 Å². The van der Waals surface area contributed by atoms with Gasteiger partial charge in [-0.25, -0.2) is 8.78 Å². The molecular formula is C28H34F5N5O2. The molecule has 3 fully saturated rings. The Balaban J connectivity index is 1.40. The standard InChI is InChI=1S/C28H34F5N5O2/c29-27(30)12-13-37(17-27)16-19(14-25(39)34-18-6-5-7-18)35-26(40)23-15-24(38(36-23)20-8-1-2-9-20)21-10-3-4-11-22(21)28(31,32)33/h3-4,10-11,15,18-20H,1-2,5-9,12-14,16-17H2,(H,34,39)(H,35,40)/t19-/m0/s1. The van der Waals surface area contributed by atoms with Gasteiger partial charge in [0.25, 0.3) is 11.8 Å². The van der Waals surface area contributed by atoms with Crippen LogP contribution >= 0.6 is 0 Å². The summed E-state index contributed by atoms with van der Waals surface area (Å²) in [7, 11) is 0. The van der Waals surface area contributed by atoms with Gasteiger partial charge in [-0.3, -0.25) is 19.2 Å². The van der Waals surface area contributed by atoms with Gasteiger partial charge in [-0.2, -0.15) is 18.3 Å². The van der Waals surface area contributed by atoms with Crippen molar-refractivity contribution >= 4 is 11.8 Å². The predicted octanol–water partition coefficient (Wildman–Crippen LogP) is 5.18. The van der Waals surface area contributed by atoms with E-state index in [4.69, 9.17) is 0 Å². The largest absolute Gasteiger partial charge is 0.417 e. The highest BCUT2D eigenvalue weighted by atomic mass is 19.4. The molecule has 2 heterocycles. The first-order valence-corrected chi connectivity index (χ1v) is 13.9. The number of hydrogen-bond acceptors (Lipinski definition) is 4. The molecule has 2 amide bonds. The fraction of sp³-hybridized carbons (Fsp3) is 0.607. The minimum Gasteiger partial charge on any atom is -0.353 e. The molecule has 2 aromatic rings. The summed E-state index contributed by atoms with van der Waals surface area (Å²) in [5, 5.41) is 10.1. The molecule has 7 nitrogen and oxygen atoms in total. The third-order valence-corrected chi connectivity index (χ3v) is 8.11. The lowest BCUT2D eigenvalue weighted by molar-refractivity contribution is -0.137. The first kappa shape index (κ1) is 28.5. The van der Waals surface area contributed by atoms with Crippen molar-refractivity contribution < 1.29 is 31.5 Å². The molecule has 3 aliphatic rings. The van der Waals surface area contributed by atoms with Crippen LogP contribution in [0.1, 0.15) is 79.9 Å². The minimum absolute atomic E-state index is 0.0481. The zero-order valence-corrected chi connectivity index (χ0v) is 22.2. The maximum atomic E-state index is 13.9. The van der Waals surface area contributed by atoms with Crippen LogP contribution in [0.3, 0.4) is 0 Å². The number of carbonyl (C=O) groups excluding carboxylic acids is 2. The highest BCUT2D eigenvalue weighted by Crippen LogP contribution is 2.40. The number of rotatable bonds is 9. The van der Waals surface area contributed by atoms with Gasteiger partial charge in [0.15, 0.2) is 5.69 Å². The van der Waals surface area contributed by atoms with E-state index in [2.05, 4.69) is 15.7 Å². The maximum Gasteiger partial charge on any atom is 0.417 e. The van der Waals surface area contributed by atoms with Gasteiger partial charge in [-0.05, 0) is 44.2 Å². The Morgan fingerprint density at radius 3 is 2.42 bits per heavy atom. The number of likely N-dealkylation sites (tertiary alicyclic amines) is 1. The van der Waals surface area contributed by atoms with Crippen LogP contribution < -0.4 is 10.6 Å². The van der Waals surface area contributed by atoms with Gasteiger partial charge in [-0.1, -0.05) is 31.0 Å². The van der Waals surface area contributed by atoms with Crippen LogP contribution in [0, 0.1) is 0 Å². The fourth-order valence-electron chi connectivity index (χ4n) is 5.85. The topological polar surface area (TPSA) is 79.3 Å². The zero-order valence-electron chi connectivity index (χ0n) is 22.2. The third kappa shape index (κ3) is 6.64. The van der Waals surface area contributed by atoms with Gasteiger partial charge in [0.05, 0.1) is 29.9 Å². The van der Waals surface area contributed by atoms with E-state index in [0.717, 1.165) is 51.0 Å². The van der Waals surface area contributed by atoms with E-state index in [1.165, 1.54) is 33.8 Å². The Kier molecular flexibility index (Phi) is 8.17. The number of nitrogens with one attached hydrogen (secondary N) is 2. The van der Waals surface area contributed by atoms with Crippen LogP contribution in [0.25, 0.3) is 11.3 Å². The van der Waals surface area contributed by atoms with Crippen LogP contribution in [0.5, 0.6) is 0 Å². The lowest BCUT2D eigenvalue weighted by Crippen LogP contribution is -2.48. The summed E-state index contributed by atoms with van der Waals surface area (Å²) in [4.78, 5) is 27.6. The van der Waals surface area contributed by atoms with Gasteiger partial charge in [0.2, 0.25) is 5.91 Å². The quantitative estimate of drug-likeness (QED) is 0.410. The van der Waals surface area contributed by atoms with Crippen LogP contribution in [-0.4, -0.2) is 64.1 Å². The smallest absolute Gasteiger partial charge is 0.353 e. The minimum atomic E-state index is -4.60. The average molecular weight is 568 g/mol. The molecule has 2 saturated carbocycles. The zero-order chi connectivity index (χ0) is 28.5. The molecular weight excluding hydrogens is 533 g/mol. The average Bonchev–Trinajstić information content (AvgIpc) is 3.60. The first-order chi connectivity index (χ1) is 19.0. The number of benzene rings is 1. The molecule has 40 heavy (non-hydrogen) atoms. The molecule has 1 saturated heterocycles. The van der Waals surface area contributed by atoms with E-state index in [1.54, 1.807) is 0 Å². The summed E-state index contributed by atoms with van der Waals surface area (Å²) in [5.74, 6) is -3.77. The predicted molar refractivity (Wildman–Crippen MR) is 138 cm³/mol. The molecule has 1 aromatic heterocycles. The molecule has 2 N–H and O–H groups in total. The van der Waals surface area contributed by atoms with Crippen molar-refractivity contribution in [2.24, 2.45) is 0 Å². The Labute approximate surface area is 229 Å². The molecule has 0 unspecified atom stereocenters. The van der Waals surface area contributed by atoms with Gasteiger partial charge in [0, 0.05) is 37.5 Å². The normalized spacial score (nSPS) is 20.8. The third-order valence-electron chi connectivity index (χ3n) is 8.11. The number of aromatic nitrogens is 2. The summed E-state index contributed by atoms with van der Waals surface area (Å²) in [6.07, 6.45) is 1.07. The van der Waals surface area contributed by atoms with Crippen molar-refractivity contribution in [3.63, 3.8) is 0 Å². The molecule has 5 rings (SSSR count). The Morgan fingerprint density at radius 1 is 1.07 bits per heavy atom. The van der Waals surface area contributed by atoms with Crippen molar-refractivity contribution in [3.8, 4) is 11.3 Å². The summed E-state index contributed by atoms with van der Waals surface area (Å²) in [6, 6.07) is 5.72. The number of amides is 2. The van der Waals surface area contributed by atoms with Crippen molar-refractivity contribution in [1.29, 1.82) is 0 Å². The SMILES string of the molecule is O=C(C[C@@H](CN1CCC(F)(F)C1)NC(=O)c1cc(-c2ccccc2C(F)(F)F)n(C2CCCC2)n1)NC1CCC1. The molecule has 1 aliphatic heterocycles. The number of hydrogen-bond donors (Lipinski definition) is 2. The lowest BCUT2D eigenvalue weighted by atomic mass is 9.93. The molecule has 1 atom stereocenters. The molecule has 0 spiro atoms. The van der Waals surface area contributed by atoms with Crippen molar-refractivity contribution in [2.45, 2.75) is 88.0 Å². The van der Waals surface area contributed by atoms with E-state index < -0.39 is 36.2 Å². The number of nitrogens with zero attached hydrogens (tertiary/aromatic N) is 3. The second-order valence-corrected chi connectivity index (χ2v) is 11.3. The Hall–Kier alpha value is -3.02. The van der Waals surface area contributed by atoms with Crippen LogP contribution in [0.4, 0.5) is 22.0 Å².